The molecular formula is C10H10FNO3. The lowest BCUT2D eigenvalue weighted by Crippen LogP contribution is -2.27. The van der Waals surface area contributed by atoms with Crippen LogP contribution in [0.15, 0.2) is 18.2 Å². The van der Waals surface area contributed by atoms with E-state index in [9.17, 15) is 14.0 Å². The Kier molecular flexibility index (Phi) is 3.04. The van der Waals surface area contributed by atoms with Crippen molar-refractivity contribution in [3.63, 3.8) is 0 Å². The van der Waals surface area contributed by atoms with E-state index >= 15 is 0 Å². The molecular weight excluding hydrogens is 201 g/mol. The van der Waals surface area contributed by atoms with Gasteiger partial charge in [-0.1, -0.05) is 0 Å². The van der Waals surface area contributed by atoms with Crippen LogP contribution in [-0.2, 0) is 9.59 Å². The van der Waals surface area contributed by atoms with Crippen molar-refractivity contribution in [3.05, 3.63) is 29.6 Å². The number of halogens is 1. The topological polar surface area (TPSA) is 80.4 Å². The van der Waals surface area contributed by atoms with Crippen molar-refractivity contribution in [2.45, 2.75) is 12.8 Å². The Morgan fingerprint density at radius 1 is 1.47 bits per heavy atom. The number of ketones is 1. The van der Waals surface area contributed by atoms with E-state index in [2.05, 4.69) is 0 Å². The molecule has 0 aliphatic rings. The fourth-order valence-corrected chi connectivity index (χ4v) is 1.32. The lowest BCUT2D eigenvalue weighted by Gasteiger charge is -2.11. The van der Waals surface area contributed by atoms with Crippen molar-refractivity contribution in [1.82, 2.24) is 0 Å². The maximum absolute atomic E-state index is 13.3. The van der Waals surface area contributed by atoms with Crippen molar-refractivity contribution >= 4 is 11.7 Å². The van der Waals surface area contributed by atoms with Crippen molar-refractivity contribution in [3.8, 4) is 5.75 Å². The zero-order valence-electron chi connectivity index (χ0n) is 8.03. The van der Waals surface area contributed by atoms with Gasteiger partial charge in [-0.25, -0.2) is 4.39 Å². The Hall–Kier alpha value is -1.91. The van der Waals surface area contributed by atoms with Gasteiger partial charge in [0.2, 0.25) is 5.91 Å². The van der Waals surface area contributed by atoms with Crippen LogP contribution < -0.4 is 5.73 Å². The average Bonchev–Trinajstić information content (AvgIpc) is 2.10. The van der Waals surface area contributed by atoms with Gasteiger partial charge in [0, 0.05) is 5.56 Å². The number of rotatable bonds is 3. The first kappa shape index (κ1) is 11.2. The number of phenols is 1. The molecule has 1 aromatic rings. The van der Waals surface area contributed by atoms with E-state index in [1.165, 1.54) is 0 Å². The number of carbonyl (C=O) groups excluding carboxylic acids is 2. The predicted molar refractivity (Wildman–Crippen MR) is 50.7 cm³/mol. The van der Waals surface area contributed by atoms with Crippen molar-refractivity contribution in [1.29, 1.82) is 0 Å². The molecule has 1 atom stereocenters. The minimum absolute atomic E-state index is 0.199. The molecule has 80 valence electrons. The van der Waals surface area contributed by atoms with E-state index in [1.54, 1.807) is 0 Å². The number of aromatic hydroxyl groups is 1. The van der Waals surface area contributed by atoms with Crippen LogP contribution in [0.5, 0.6) is 5.75 Å². The number of amides is 1. The highest BCUT2D eigenvalue weighted by Crippen LogP contribution is 2.24. The zero-order valence-corrected chi connectivity index (χ0v) is 8.03. The molecule has 15 heavy (non-hydrogen) atoms. The summed E-state index contributed by atoms with van der Waals surface area (Å²) in [5.41, 5.74) is 4.78. The Morgan fingerprint density at radius 2 is 2.07 bits per heavy atom. The Labute approximate surface area is 85.5 Å². The summed E-state index contributed by atoms with van der Waals surface area (Å²) >= 11 is 0. The highest BCUT2D eigenvalue weighted by Gasteiger charge is 2.26. The third-order valence-electron chi connectivity index (χ3n) is 1.98. The summed E-state index contributed by atoms with van der Waals surface area (Å²) in [6.07, 6.45) is 0. The lowest BCUT2D eigenvalue weighted by atomic mass is 9.94. The molecule has 0 aliphatic carbocycles. The van der Waals surface area contributed by atoms with Crippen LogP contribution in [0.4, 0.5) is 4.39 Å². The van der Waals surface area contributed by atoms with Gasteiger partial charge in [-0.15, -0.1) is 0 Å². The van der Waals surface area contributed by atoms with E-state index in [-0.39, 0.29) is 11.3 Å². The lowest BCUT2D eigenvalue weighted by molar-refractivity contribution is -0.127. The Bertz CT molecular complexity index is 403. The first-order valence-electron chi connectivity index (χ1n) is 4.21. The smallest absolute Gasteiger partial charge is 0.232 e. The standard InChI is InChI=1S/C10H10FNO3/c1-5(13)9(10(12)15)7-4-6(14)2-3-8(7)11/h2-4,9,14H,1H3,(H2,12,15). The van der Waals surface area contributed by atoms with Crippen molar-refractivity contribution in [2.24, 2.45) is 5.73 Å². The van der Waals surface area contributed by atoms with Crippen LogP contribution in [0, 0.1) is 5.82 Å². The van der Waals surface area contributed by atoms with Gasteiger partial charge in [-0.05, 0) is 25.1 Å². The molecule has 4 nitrogen and oxygen atoms in total. The number of carbonyl (C=O) groups is 2. The summed E-state index contributed by atoms with van der Waals surface area (Å²) in [6, 6.07) is 3.12. The SMILES string of the molecule is CC(=O)C(C(N)=O)c1cc(O)ccc1F. The number of nitrogens with two attached hydrogens (primary N) is 1. The summed E-state index contributed by atoms with van der Waals surface area (Å²) in [5, 5.41) is 9.12. The summed E-state index contributed by atoms with van der Waals surface area (Å²) < 4.78 is 13.3. The molecule has 0 saturated carbocycles. The molecule has 0 bridgehead atoms. The number of Topliss-reactive ketones (excluding diaryl/α,β-unsaturated/α-hetero) is 1. The Balaban J connectivity index is 3.28. The van der Waals surface area contributed by atoms with E-state index < -0.39 is 23.4 Å². The maximum atomic E-state index is 13.3. The molecule has 0 radical (unpaired) electrons. The third-order valence-corrected chi connectivity index (χ3v) is 1.98. The molecule has 0 fully saturated rings. The van der Waals surface area contributed by atoms with Gasteiger partial charge in [0.15, 0.2) is 0 Å². The fraction of sp³-hybridized carbons (Fsp3) is 0.200. The molecule has 0 aromatic heterocycles. The van der Waals surface area contributed by atoms with Crippen LogP contribution in [0.2, 0.25) is 0 Å². The normalized spacial score (nSPS) is 12.1. The van der Waals surface area contributed by atoms with E-state index in [1.807, 2.05) is 0 Å². The van der Waals surface area contributed by atoms with Gasteiger partial charge in [0.05, 0.1) is 0 Å². The van der Waals surface area contributed by atoms with Crippen LogP contribution in [0.3, 0.4) is 0 Å². The molecule has 0 heterocycles. The van der Waals surface area contributed by atoms with Crippen molar-refractivity contribution < 1.29 is 19.1 Å². The quantitative estimate of drug-likeness (QED) is 0.722. The number of hydrogen-bond acceptors (Lipinski definition) is 3. The molecule has 3 N–H and O–H groups in total. The molecule has 1 unspecified atom stereocenters. The zero-order chi connectivity index (χ0) is 11.6. The highest BCUT2D eigenvalue weighted by molar-refractivity contribution is 6.05. The van der Waals surface area contributed by atoms with E-state index in [0.717, 1.165) is 25.1 Å². The monoisotopic (exact) mass is 211 g/mol. The van der Waals surface area contributed by atoms with Gasteiger partial charge in [-0.3, -0.25) is 9.59 Å². The van der Waals surface area contributed by atoms with Crippen LogP contribution in [0.1, 0.15) is 18.4 Å². The largest absolute Gasteiger partial charge is 0.508 e. The summed E-state index contributed by atoms with van der Waals surface area (Å²) in [6.45, 7) is 1.14. The molecule has 1 amide bonds. The summed E-state index contributed by atoms with van der Waals surface area (Å²) in [4.78, 5) is 22.1. The maximum Gasteiger partial charge on any atom is 0.232 e. The van der Waals surface area contributed by atoms with E-state index in [0.29, 0.717) is 0 Å². The van der Waals surface area contributed by atoms with Crippen molar-refractivity contribution in [2.75, 3.05) is 0 Å². The second-order valence-corrected chi connectivity index (χ2v) is 3.15. The van der Waals surface area contributed by atoms with Gasteiger partial charge in [0.1, 0.15) is 23.3 Å². The average molecular weight is 211 g/mol. The fourth-order valence-electron chi connectivity index (χ4n) is 1.32. The Morgan fingerprint density at radius 3 is 2.53 bits per heavy atom. The summed E-state index contributed by atoms with van der Waals surface area (Å²) in [5.74, 6) is -3.82. The second-order valence-electron chi connectivity index (χ2n) is 3.15. The minimum Gasteiger partial charge on any atom is -0.508 e. The molecule has 1 rings (SSSR count). The number of benzene rings is 1. The third kappa shape index (κ3) is 2.31. The predicted octanol–water partition coefficient (Wildman–Crippen LogP) is 0.689. The molecule has 0 saturated heterocycles. The molecule has 1 aromatic carbocycles. The summed E-state index contributed by atoms with van der Waals surface area (Å²) in [7, 11) is 0. The second kappa shape index (κ2) is 4.08. The first-order chi connectivity index (χ1) is 6.93. The minimum atomic E-state index is -1.35. The molecule has 0 aliphatic heterocycles. The number of primary amides is 1. The van der Waals surface area contributed by atoms with Gasteiger partial charge >= 0.3 is 0 Å². The highest BCUT2D eigenvalue weighted by atomic mass is 19.1. The first-order valence-corrected chi connectivity index (χ1v) is 4.21. The van der Waals surface area contributed by atoms with Gasteiger partial charge in [-0.2, -0.15) is 0 Å². The van der Waals surface area contributed by atoms with Gasteiger partial charge in [0.25, 0.3) is 0 Å². The molecule has 5 heteroatoms. The van der Waals surface area contributed by atoms with Gasteiger partial charge < -0.3 is 10.8 Å². The number of hydrogen-bond donors (Lipinski definition) is 2. The molecule has 0 spiro atoms. The van der Waals surface area contributed by atoms with E-state index in [4.69, 9.17) is 10.8 Å². The van der Waals surface area contributed by atoms with Crippen LogP contribution in [0.25, 0.3) is 0 Å². The van der Waals surface area contributed by atoms with Crippen LogP contribution >= 0.6 is 0 Å². The number of phenolic OH excluding ortho intramolecular Hbond substituents is 1. The van der Waals surface area contributed by atoms with Crippen LogP contribution in [-0.4, -0.2) is 16.8 Å².